The first kappa shape index (κ1) is 22.0. The predicted octanol–water partition coefficient (Wildman–Crippen LogP) is 4.59. The van der Waals surface area contributed by atoms with E-state index in [0.717, 1.165) is 37.2 Å². The second-order valence-corrected chi connectivity index (χ2v) is 8.31. The second kappa shape index (κ2) is 9.54. The van der Waals surface area contributed by atoms with Gasteiger partial charge in [-0.1, -0.05) is 30.2 Å². The molecule has 1 aromatic heterocycles. The minimum Gasteiger partial charge on any atom is -0.326 e. The molecule has 7 nitrogen and oxygen atoms in total. The summed E-state index contributed by atoms with van der Waals surface area (Å²) in [7, 11) is 0. The molecule has 2 aromatic carbocycles. The zero-order valence-electron chi connectivity index (χ0n) is 18.2. The van der Waals surface area contributed by atoms with Gasteiger partial charge in [0.25, 0.3) is 5.91 Å². The molecule has 4 rings (SSSR count). The van der Waals surface area contributed by atoms with Crippen molar-refractivity contribution in [3.63, 3.8) is 0 Å². The van der Waals surface area contributed by atoms with Gasteiger partial charge in [-0.2, -0.15) is 0 Å². The third-order valence-electron chi connectivity index (χ3n) is 5.50. The number of aromatic nitrogens is 2. The lowest BCUT2D eigenvalue weighted by Crippen LogP contribution is -2.45. The average Bonchev–Trinajstić information content (AvgIpc) is 3.12. The van der Waals surface area contributed by atoms with Crippen LogP contribution in [0.2, 0.25) is 5.02 Å². The molecule has 0 aliphatic carbocycles. The van der Waals surface area contributed by atoms with Crippen LogP contribution in [0.15, 0.2) is 48.5 Å². The van der Waals surface area contributed by atoms with E-state index < -0.39 is 0 Å². The minimum absolute atomic E-state index is 0.134. The molecule has 32 heavy (non-hydrogen) atoms. The zero-order chi connectivity index (χ0) is 22.7. The molecule has 0 bridgehead atoms. The molecular formula is C24H26ClN5O2. The molecule has 2 amide bonds. The van der Waals surface area contributed by atoms with Crippen LogP contribution >= 0.6 is 11.6 Å². The van der Waals surface area contributed by atoms with Crippen LogP contribution in [0, 0.1) is 6.92 Å². The van der Waals surface area contributed by atoms with Gasteiger partial charge in [0.2, 0.25) is 5.91 Å². The lowest BCUT2D eigenvalue weighted by Gasteiger charge is -2.26. The van der Waals surface area contributed by atoms with E-state index in [2.05, 4.69) is 10.7 Å². The smallest absolute Gasteiger partial charge is 0.286 e. The normalized spacial score (nSPS) is 14.2. The Morgan fingerprint density at radius 3 is 2.34 bits per heavy atom. The van der Waals surface area contributed by atoms with Crippen molar-refractivity contribution in [1.29, 1.82) is 0 Å². The molecule has 1 aliphatic rings. The van der Waals surface area contributed by atoms with Crippen molar-refractivity contribution < 1.29 is 9.59 Å². The number of hydrogen-bond donors (Lipinski definition) is 2. The van der Waals surface area contributed by atoms with E-state index in [1.807, 2.05) is 59.0 Å². The molecule has 1 fully saturated rings. The lowest BCUT2D eigenvalue weighted by atomic mass is 10.2. The maximum atomic E-state index is 13.1. The van der Waals surface area contributed by atoms with Crippen LogP contribution in [0.1, 0.15) is 42.4 Å². The number of carbonyl (C=O) groups excluding carboxylic acids is 2. The van der Waals surface area contributed by atoms with E-state index in [1.165, 1.54) is 13.3 Å². The summed E-state index contributed by atoms with van der Waals surface area (Å²) in [5.74, 6) is 0.223. The Hall–Kier alpha value is -3.16. The molecule has 2 N–H and O–H groups in total. The third kappa shape index (κ3) is 4.69. The number of piperidine rings is 1. The van der Waals surface area contributed by atoms with Crippen molar-refractivity contribution in [2.24, 2.45) is 0 Å². The highest BCUT2D eigenvalue weighted by atomic mass is 35.5. The fraction of sp³-hybridized carbons (Fsp3) is 0.292. The van der Waals surface area contributed by atoms with Crippen molar-refractivity contribution >= 4 is 29.1 Å². The summed E-state index contributed by atoms with van der Waals surface area (Å²) in [5.41, 5.74) is 6.32. The van der Waals surface area contributed by atoms with Crippen molar-refractivity contribution in [1.82, 2.24) is 20.0 Å². The van der Waals surface area contributed by atoms with E-state index in [4.69, 9.17) is 16.6 Å². The number of carbonyl (C=O) groups is 2. The van der Waals surface area contributed by atoms with Gasteiger partial charge in [0, 0.05) is 37.0 Å². The molecule has 8 heteroatoms. The number of rotatable bonds is 5. The summed E-state index contributed by atoms with van der Waals surface area (Å²) in [6.45, 7) is 5.03. The quantitative estimate of drug-likeness (QED) is 0.594. The largest absolute Gasteiger partial charge is 0.326 e. The molecule has 0 radical (unpaired) electrons. The van der Waals surface area contributed by atoms with Gasteiger partial charge in [0.1, 0.15) is 5.82 Å². The van der Waals surface area contributed by atoms with E-state index in [1.54, 1.807) is 6.07 Å². The highest BCUT2D eigenvalue weighted by Gasteiger charge is 2.24. The number of amides is 2. The standard InChI is InChI=1S/C24H26ClN5O2/c1-16-22(24(32)28-29-14-6-3-7-15-29)27-23(20-8-4-5-9-21(20)25)30(16)19-12-10-18(11-13-19)26-17(2)31/h4-5,8-13H,3,6-7,14-15H2,1-2H3,(H,26,31)(H,28,32). The molecule has 2 heterocycles. The number of anilines is 1. The first-order chi connectivity index (χ1) is 15.4. The maximum absolute atomic E-state index is 13.1. The summed E-state index contributed by atoms with van der Waals surface area (Å²) in [4.78, 5) is 29.2. The number of nitrogens with one attached hydrogen (secondary N) is 2. The van der Waals surface area contributed by atoms with Crippen molar-refractivity contribution in [3.05, 3.63) is 64.9 Å². The molecule has 0 unspecified atom stereocenters. The minimum atomic E-state index is -0.230. The Bertz CT molecular complexity index is 1130. The molecule has 166 valence electrons. The molecule has 1 saturated heterocycles. The Kier molecular flexibility index (Phi) is 6.58. The Labute approximate surface area is 192 Å². The topological polar surface area (TPSA) is 79.3 Å². The van der Waals surface area contributed by atoms with Crippen molar-refractivity contribution in [2.75, 3.05) is 18.4 Å². The monoisotopic (exact) mass is 451 g/mol. The summed E-state index contributed by atoms with van der Waals surface area (Å²) < 4.78 is 1.92. The van der Waals surface area contributed by atoms with Crippen LogP contribution in [-0.2, 0) is 4.79 Å². The third-order valence-corrected chi connectivity index (χ3v) is 5.83. The molecule has 1 aliphatic heterocycles. The Morgan fingerprint density at radius 1 is 1.00 bits per heavy atom. The summed E-state index contributed by atoms with van der Waals surface area (Å²) in [6, 6.07) is 14.8. The SMILES string of the molecule is CC(=O)Nc1ccc(-n2c(-c3ccccc3Cl)nc(C(=O)NN3CCCCC3)c2C)cc1. The van der Waals surface area contributed by atoms with Crippen LogP contribution in [0.4, 0.5) is 5.69 Å². The van der Waals surface area contributed by atoms with Crippen molar-refractivity contribution in [2.45, 2.75) is 33.1 Å². The number of benzene rings is 2. The van der Waals surface area contributed by atoms with Gasteiger partial charge in [-0.05, 0) is 56.2 Å². The van der Waals surface area contributed by atoms with Gasteiger partial charge in [-0.3, -0.25) is 19.6 Å². The second-order valence-electron chi connectivity index (χ2n) is 7.90. The summed E-state index contributed by atoms with van der Waals surface area (Å²) in [6.07, 6.45) is 3.32. The van der Waals surface area contributed by atoms with Crippen molar-refractivity contribution in [3.8, 4) is 17.1 Å². The molecule has 0 spiro atoms. The lowest BCUT2D eigenvalue weighted by molar-refractivity contribution is -0.114. The van der Waals surface area contributed by atoms with Crippen LogP contribution in [-0.4, -0.2) is 39.5 Å². The van der Waals surface area contributed by atoms with Gasteiger partial charge in [-0.15, -0.1) is 0 Å². The Balaban J connectivity index is 1.76. The number of imidazole rings is 1. The molecular weight excluding hydrogens is 426 g/mol. The molecule has 0 atom stereocenters. The number of hydrazine groups is 1. The van der Waals surface area contributed by atoms with E-state index in [-0.39, 0.29) is 11.8 Å². The molecule has 0 saturated carbocycles. The highest BCUT2D eigenvalue weighted by molar-refractivity contribution is 6.33. The van der Waals surface area contributed by atoms with Gasteiger partial charge < -0.3 is 5.32 Å². The predicted molar refractivity (Wildman–Crippen MR) is 126 cm³/mol. The van der Waals surface area contributed by atoms with E-state index in [9.17, 15) is 9.59 Å². The zero-order valence-corrected chi connectivity index (χ0v) is 18.9. The van der Waals surface area contributed by atoms with Gasteiger partial charge in [-0.25, -0.2) is 9.99 Å². The number of hydrogen-bond acceptors (Lipinski definition) is 4. The Morgan fingerprint density at radius 2 is 1.69 bits per heavy atom. The first-order valence-electron chi connectivity index (χ1n) is 10.7. The maximum Gasteiger partial charge on any atom is 0.286 e. The molecule has 3 aromatic rings. The van der Waals surface area contributed by atoms with Crippen LogP contribution in [0.5, 0.6) is 0 Å². The van der Waals surface area contributed by atoms with E-state index >= 15 is 0 Å². The van der Waals surface area contributed by atoms with Crippen LogP contribution < -0.4 is 10.7 Å². The van der Waals surface area contributed by atoms with Crippen LogP contribution in [0.25, 0.3) is 17.1 Å². The van der Waals surface area contributed by atoms with Gasteiger partial charge in [0.15, 0.2) is 5.69 Å². The van der Waals surface area contributed by atoms with E-state index in [0.29, 0.717) is 27.9 Å². The first-order valence-corrected chi connectivity index (χ1v) is 11.1. The fourth-order valence-corrected chi connectivity index (χ4v) is 4.18. The highest BCUT2D eigenvalue weighted by Crippen LogP contribution is 2.31. The van der Waals surface area contributed by atoms with Gasteiger partial charge in [0.05, 0.1) is 10.7 Å². The number of nitrogens with zero attached hydrogens (tertiary/aromatic N) is 3. The fourth-order valence-electron chi connectivity index (χ4n) is 3.96. The van der Waals surface area contributed by atoms with Crippen LogP contribution in [0.3, 0.4) is 0 Å². The average molecular weight is 452 g/mol. The van der Waals surface area contributed by atoms with Gasteiger partial charge >= 0.3 is 0 Å². The number of halogens is 1. The summed E-state index contributed by atoms with van der Waals surface area (Å²) >= 11 is 6.49. The summed E-state index contributed by atoms with van der Waals surface area (Å²) in [5, 5.41) is 5.28.